The summed E-state index contributed by atoms with van der Waals surface area (Å²) in [6.45, 7) is 4.27. The van der Waals surface area contributed by atoms with Gasteiger partial charge in [0, 0.05) is 24.0 Å². The van der Waals surface area contributed by atoms with Crippen LogP contribution in [0.1, 0.15) is 13.8 Å². The molecule has 3 N–H and O–H groups in total. The number of aromatic nitrogens is 3. The topological polar surface area (TPSA) is 101 Å². The van der Waals surface area contributed by atoms with Crippen molar-refractivity contribution in [2.75, 3.05) is 24.0 Å². The van der Waals surface area contributed by atoms with Crippen LogP contribution in [0.2, 0.25) is 0 Å². The van der Waals surface area contributed by atoms with Gasteiger partial charge in [-0.05, 0) is 30.2 Å². The number of rotatable bonds is 7. The SMILES string of the molecule is CC(C)[C@@H](CO)Nc1nc(Nc2ccc3c(c2)OCO3)cc(-c2ccccn2)n1. The molecular formula is C21H23N5O3. The summed E-state index contributed by atoms with van der Waals surface area (Å²) in [5.74, 6) is 2.64. The quantitative estimate of drug-likeness (QED) is 0.561. The molecule has 1 aliphatic heterocycles. The molecule has 0 saturated carbocycles. The van der Waals surface area contributed by atoms with E-state index in [-0.39, 0.29) is 25.4 Å². The van der Waals surface area contributed by atoms with Crippen molar-refractivity contribution in [1.82, 2.24) is 15.0 Å². The number of fused-ring (bicyclic) bond motifs is 1. The maximum absolute atomic E-state index is 9.67. The second-order valence-electron chi connectivity index (χ2n) is 7.05. The van der Waals surface area contributed by atoms with E-state index in [1.807, 2.05) is 56.3 Å². The van der Waals surface area contributed by atoms with Gasteiger partial charge in [-0.1, -0.05) is 19.9 Å². The molecule has 0 amide bonds. The Bertz CT molecular complexity index is 981. The van der Waals surface area contributed by atoms with E-state index in [0.29, 0.717) is 23.2 Å². The molecule has 0 radical (unpaired) electrons. The Hall–Kier alpha value is -3.39. The number of anilines is 3. The van der Waals surface area contributed by atoms with Crippen molar-refractivity contribution < 1.29 is 14.6 Å². The van der Waals surface area contributed by atoms with Gasteiger partial charge >= 0.3 is 0 Å². The van der Waals surface area contributed by atoms with Crippen molar-refractivity contribution in [3.63, 3.8) is 0 Å². The minimum absolute atomic E-state index is 0.0141. The Kier molecular flexibility index (Phi) is 5.44. The normalized spacial score (nSPS) is 13.4. The van der Waals surface area contributed by atoms with Crippen LogP contribution < -0.4 is 20.1 Å². The summed E-state index contributed by atoms with van der Waals surface area (Å²) in [5.41, 5.74) is 2.22. The number of hydrogen-bond donors (Lipinski definition) is 3. The van der Waals surface area contributed by atoms with Gasteiger partial charge < -0.3 is 25.2 Å². The van der Waals surface area contributed by atoms with Crippen LogP contribution in [0.4, 0.5) is 17.5 Å². The fraction of sp³-hybridized carbons (Fsp3) is 0.286. The lowest BCUT2D eigenvalue weighted by Crippen LogP contribution is -2.30. The van der Waals surface area contributed by atoms with Crippen LogP contribution in [0.15, 0.2) is 48.7 Å². The van der Waals surface area contributed by atoms with E-state index in [1.54, 1.807) is 6.20 Å². The van der Waals surface area contributed by atoms with Crippen LogP contribution in [0.5, 0.6) is 11.5 Å². The molecule has 8 nitrogen and oxygen atoms in total. The molecule has 0 spiro atoms. The van der Waals surface area contributed by atoms with Gasteiger partial charge in [-0.2, -0.15) is 4.98 Å². The van der Waals surface area contributed by atoms with Crippen LogP contribution in [-0.4, -0.2) is 39.5 Å². The molecule has 0 saturated heterocycles. The van der Waals surface area contributed by atoms with E-state index in [4.69, 9.17) is 9.47 Å². The van der Waals surface area contributed by atoms with Crippen LogP contribution in [-0.2, 0) is 0 Å². The van der Waals surface area contributed by atoms with Gasteiger partial charge in [0.05, 0.1) is 24.0 Å². The van der Waals surface area contributed by atoms with Crippen molar-refractivity contribution in [2.24, 2.45) is 5.92 Å². The molecule has 150 valence electrons. The standard InChI is InChI=1S/C21H23N5O3/c1-13(2)17(11-27)25-21-24-16(15-5-3-4-8-22-15)10-20(26-21)23-14-6-7-18-19(9-14)29-12-28-18/h3-10,13,17,27H,11-12H2,1-2H3,(H2,23,24,25,26)/t17-/m1/s1. The van der Waals surface area contributed by atoms with Gasteiger partial charge in [-0.25, -0.2) is 4.98 Å². The molecule has 1 aromatic carbocycles. The highest BCUT2D eigenvalue weighted by atomic mass is 16.7. The van der Waals surface area contributed by atoms with E-state index in [0.717, 1.165) is 17.1 Å². The van der Waals surface area contributed by atoms with E-state index in [9.17, 15) is 5.11 Å². The molecule has 0 aliphatic carbocycles. The number of aliphatic hydroxyl groups excluding tert-OH is 1. The van der Waals surface area contributed by atoms with Gasteiger partial charge in [0.15, 0.2) is 11.5 Å². The fourth-order valence-electron chi connectivity index (χ4n) is 2.93. The largest absolute Gasteiger partial charge is 0.454 e. The third-order valence-electron chi connectivity index (χ3n) is 4.61. The third kappa shape index (κ3) is 4.38. The van der Waals surface area contributed by atoms with E-state index < -0.39 is 0 Å². The first-order chi connectivity index (χ1) is 14.1. The maximum Gasteiger partial charge on any atom is 0.231 e. The molecule has 3 heterocycles. The molecule has 2 aromatic heterocycles. The second-order valence-corrected chi connectivity index (χ2v) is 7.05. The maximum atomic E-state index is 9.67. The van der Waals surface area contributed by atoms with Crippen LogP contribution >= 0.6 is 0 Å². The lowest BCUT2D eigenvalue weighted by atomic mass is 10.1. The molecule has 3 aromatic rings. The van der Waals surface area contributed by atoms with Gasteiger partial charge in [-0.15, -0.1) is 0 Å². The Labute approximate surface area is 169 Å². The van der Waals surface area contributed by atoms with Gasteiger partial charge in [0.2, 0.25) is 12.7 Å². The van der Waals surface area contributed by atoms with Crippen LogP contribution in [0.25, 0.3) is 11.4 Å². The molecule has 0 fully saturated rings. The molecule has 1 aliphatic rings. The average molecular weight is 393 g/mol. The van der Waals surface area contributed by atoms with Crippen molar-refractivity contribution in [3.8, 4) is 22.9 Å². The Balaban J connectivity index is 1.67. The first-order valence-corrected chi connectivity index (χ1v) is 9.47. The summed E-state index contributed by atoms with van der Waals surface area (Å²) < 4.78 is 10.8. The predicted octanol–water partition coefficient (Wildman–Crippen LogP) is 3.44. The summed E-state index contributed by atoms with van der Waals surface area (Å²) in [5, 5.41) is 16.2. The zero-order valence-electron chi connectivity index (χ0n) is 16.3. The predicted molar refractivity (Wildman–Crippen MR) is 110 cm³/mol. The molecule has 1 atom stereocenters. The summed E-state index contributed by atoms with van der Waals surface area (Å²) >= 11 is 0. The van der Waals surface area contributed by atoms with Crippen molar-refractivity contribution in [2.45, 2.75) is 19.9 Å². The number of aliphatic hydroxyl groups is 1. The third-order valence-corrected chi connectivity index (χ3v) is 4.61. The number of hydrogen-bond acceptors (Lipinski definition) is 8. The summed E-state index contributed by atoms with van der Waals surface area (Å²) in [4.78, 5) is 13.6. The zero-order chi connectivity index (χ0) is 20.2. The first kappa shape index (κ1) is 18.9. The summed E-state index contributed by atoms with van der Waals surface area (Å²) in [6.07, 6.45) is 1.72. The highest BCUT2D eigenvalue weighted by molar-refractivity contribution is 5.67. The first-order valence-electron chi connectivity index (χ1n) is 9.47. The van der Waals surface area contributed by atoms with Crippen molar-refractivity contribution in [3.05, 3.63) is 48.7 Å². The number of ether oxygens (including phenoxy) is 2. The minimum Gasteiger partial charge on any atom is -0.454 e. The number of benzene rings is 1. The fourth-order valence-corrected chi connectivity index (χ4v) is 2.93. The summed E-state index contributed by atoms with van der Waals surface area (Å²) in [6, 6.07) is 12.9. The van der Waals surface area contributed by atoms with Crippen LogP contribution in [0, 0.1) is 5.92 Å². The molecule has 0 bridgehead atoms. The Morgan fingerprint density at radius 2 is 1.90 bits per heavy atom. The molecular weight excluding hydrogens is 370 g/mol. The van der Waals surface area contributed by atoms with Gasteiger partial charge in [0.1, 0.15) is 5.82 Å². The lowest BCUT2D eigenvalue weighted by molar-refractivity contribution is 0.174. The van der Waals surface area contributed by atoms with E-state index >= 15 is 0 Å². The smallest absolute Gasteiger partial charge is 0.231 e. The monoisotopic (exact) mass is 393 g/mol. The van der Waals surface area contributed by atoms with E-state index in [2.05, 4.69) is 25.6 Å². The highest BCUT2D eigenvalue weighted by Gasteiger charge is 2.17. The number of nitrogens with zero attached hydrogens (tertiary/aromatic N) is 3. The average Bonchev–Trinajstić information content (AvgIpc) is 3.20. The lowest BCUT2D eigenvalue weighted by Gasteiger charge is -2.20. The molecule has 0 unspecified atom stereocenters. The second kappa shape index (κ2) is 8.32. The van der Waals surface area contributed by atoms with Crippen LogP contribution in [0.3, 0.4) is 0 Å². The Morgan fingerprint density at radius 1 is 1.03 bits per heavy atom. The van der Waals surface area contributed by atoms with Crippen molar-refractivity contribution >= 4 is 17.5 Å². The minimum atomic E-state index is -0.160. The van der Waals surface area contributed by atoms with Gasteiger partial charge in [0.25, 0.3) is 0 Å². The van der Waals surface area contributed by atoms with Gasteiger partial charge in [-0.3, -0.25) is 4.98 Å². The Morgan fingerprint density at radius 3 is 2.66 bits per heavy atom. The number of nitrogens with one attached hydrogen (secondary N) is 2. The van der Waals surface area contributed by atoms with Crippen molar-refractivity contribution in [1.29, 1.82) is 0 Å². The van der Waals surface area contributed by atoms with E-state index in [1.165, 1.54) is 0 Å². The number of pyridine rings is 1. The molecule has 29 heavy (non-hydrogen) atoms. The molecule has 8 heteroatoms. The molecule has 4 rings (SSSR count). The summed E-state index contributed by atoms with van der Waals surface area (Å²) in [7, 11) is 0. The zero-order valence-corrected chi connectivity index (χ0v) is 16.3. The highest BCUT2D eigenvalue weighted by Crippen LogP contribution is 2.35.